The Hall–Kier alpha value is -2.56. The van der Waals surface area contributed by atoms with Crippen LogP contribution in [0.3, 0.4) is 0 Å². The SMILES string of the molecule is CCN1CCn2ccc(=O)c(OCc3ccccc3)c2C1=O. The molecule has 5 nitrogen and oxygen atoms in total. The molecule has 2 aromatic rings. The first-order valence-corrected chi connectivity index (χ1v) is 7.40. The third-order valence-corrected chi connectivity index (χ3v) is 3.84. The summed E-state index contributed by atoms with van der Waals surface area (Å²) in [4.78, 5) is 26.4. The molecule has 3 rings (SSSR count). The minimum atomic E-state index is -0.256. The van der Waals surface area contributed by atoms with Crippen LogP contribution in [0.4, 0.5) is 0 Å². The molecule has 2 heterocycles. The summed E-state index contributed by atoms with van der Waals surface area (Å²) in [5.41, 5.74) is 1.06. The maximum Gasteiger partial charge on any atom is 0.274 e. The van der Waals surface area contributed by atoms with Crippen LogP contribution in [0.25, 0.3) is 0 Å². The van der Waals surface area contributed by atoms with Crippen molar-refractivity contribution in [3.05, 3.63) is 64.1 Å². The molecule has 0 saturated carbocycles. The lowest BCUT2D eigenvalue weighted by Crippen LogP contribution is -2.41. The van der Waals surface area contributed by atoms with E-state index in [1.54, 1.807) is 15.7 Å². The molecule has 0 radical (unpaired) electrons. The minimum Gasteiger partial charge on any atom is -0.483 e. The Morgan fingerprint density at radius 1 is 1.09 bits per heavy atom. The topological polar surface area (TPSA) is 51.5 Å². The van der Waals surface area contributed by atoms with Gasteiger partial charge in [0.15, 0.2) is 11.4 Å². The van der Waals surface area contributed by atoms with Gasteiger partial charge in [-0.25, -0.2) is 0 Å². The van der Waals surface area contributed by atoms with E-state index in [1.807, 2.05) is 37.3 Å². The smallest absolute Gasteiger partial charge is 0.274 e. The van der Waals surface area contributed by atoms with Crippen LogP contribution >= 0.6 is 0 Å². The van der Waals surface area contributed by atoms with Crippen molar-refractivity contribution in [2.24, 2.45) is 0 Å². The number of carbonyl (C=O) groups is 1. The number of rotatable bonds is 4. The zero-order valence-corrected chi connectivity index (χ0v) is 12.5. The van der Waals surface area contributed by atoms with Crippen molar-refractivity contribution in [2.75, 3.05) is 13.1 Å². The van der Waals surface area contributed by atoms with E-state index in [0.29, 0.717) is 25.3 Å². The van der Waals surface area contributed by atoms with E-state index in [9.17, 15) is 9.59 Å². The fourth-order valence-corrected chi connectivity index (χ4v) is 2.61. The second kappa shape index (κ2) is 6.05. The molecule has 0 N–H and O–H groups in total. The molecular formula is C17H18N2O3. The van der Waals surface area contributed by atoms with Gasteiger partial charge in [0.25, 0.3) is 5.91 Å². The lowest BCUT2D eigenvalue weighted by molar-refractivity contribution is 0.0704. The van der Waals surface area contributed by atoms with E-state index in [-0.39, 0.29) is 23.7 Å². The van der Waals surface area contributed by atoms with Gasteiger partial charge >= 0.3 is 0 Å². The van der Waals surface area contributed by atoms with Gasteiger partial charge in [0.05, 0.1) is 0 Å². The summed E-state index contributed by atoms with van der Waals surface area (Å²) in [7, 11) is 0. The van der Waals surface area contributed by atoms with E-state index in [2.05, 4.69) is 0 Å². The number of hydrogen-bond donors (Lipinski definition) is 0. The molecular weight excluding hydrogens is 280 g/mol. The third-order valence-electron chi connectivity index (χ3n) is 3.84. The molecule has 1 aromatic carbocycles. The molecule has 1 aliphatic heterocycles. The number of likely N-dealkylation sites (N-methyl/N-ethyl adjacent to an activating group) is 1. The van der Waals surface area contributed by atoms with Gasteiger partial charge in [0.1, 0.15) is 6.61 Å². The molecule has 0 bridgehead atoms. The fourth-order valence-electron chi connectivity index (χ4n) is 2.61. The highest BCUT2D eigenvalue weighted by Crippen LogP contribution is 2.20. The number of amides is 1. The van der Waals surface area contributed by atoms with Crippen LogP contribution in [0.1, 0.15) is 23.0 Å². The molecule has 1 aliphatic rings. The van der Waals surface area contributed by atoms with Gasteiger partial charge in [-0.3, -0.25) is 9.59 Å². The highest BCUT2D eigenvalue weighted by Gasteiger charge is 2.28. The zero-order chi connectivity index (χ0) is 15.5. The largest absolute Gasteiger partial charge is 0.483 e. The normalized spacial score (nSPS) is 13.9. The number of fused-ring (bicyclic) bond motifs is 1. The van der Waals surface area contributed by atoms with Gasteiger partial charge in [-0.1, -0.05) is 30.3 Å². The number of pyridine rings is 1. The van der Waals surface area contributed by atoms with Crippen molar-refractivity contribution in [2.45, 2.75) is 20.1 Å². The van der Waals surface area contributed by atoms with Gasteiger partial charge in [-0.15, -0.1) is 0 Å². The van der Waals surface area contributed by atoms with Gasteiger partial charge in [0.2, 0.25) is 5.43 Å². The standard InChI is InChI=1S/C17H18N2O3/c1-2-18-10-11-19-9-8-14(20)16(15(19)17(18)21)22-12-13-6-4-3-5-7-13/h3-9H,2,10-12H2,1H3. The summed E-state index contributed by atoms with van der Waals surface area (Å²) >= 11 is 0. The van der Waals surface area contributed by atoms with E-state index in [4.69, 9.17) is 4.74 Å². The first-order chi connectivity index (χ1) is 10.7. The van der Waals surface area contributed by atoms with Crippen LogP contribution in [-0.2, 0) is 13.2 Å². The van der Waals surface area contributed by atoms with Gasteiger partial charge in [-0.2, -0.15) is 0 Å². The molecule has 0 atom stereocenters. The summed E-state index contributed by atoms with van der Waals surface area (Å²) in [6.45, 7) is 4.16. The number of carbonyl (C=O) groups excluding carboxylic acids is 1. The van der Waals surface area contributed by atoms with Crippen LogP contribution in [0.15, 0.2) is 47.4 Å². The monoisotopic (exact) mass is 298 g/mol. The van der Waals surface area contributed by atoms with E-state index < -0.39 is 0 Å². The molecule has 22 heavy (non-hydrogen) atoms. The highest BCUT2D eigenvalue weighted by molar-refractivity contribution is 5.95. The molecule has 0 fully saturated rings. The Kier molecular flexibility index (Phi) is 3.96. The first kappa shape index (κ1) is 14.4. The Bertz CT molecular complexity index is 737. The summed E-state index contributed by atoms with van der Waals surface area (Å²) in [5.74, 6) is 0.00372. The average molecular weight is 298 g/mol. The van der Waals surface area contributed by atoms with Crippen LogP contribution in [0.2, 0.25) is 0 Å². The average Bonchev–Trinajstić information content (AvgIpc) is 2.55. The molecule has 0 saturated heterocycles. The fraction of sp³-hybridized carbons (Fsp3) is 0.294. The minimum absolute atomic E-state index is 0.144. The number of benzene rings is 1. The molecule has 114 valence electrons. The molecule has 1 amide bonds. The summed E-state index contributed by atoms with van der Waals surface area (Å²) in [5, 5.41) is 0. The van der Waals surface area contributed by atoms with Crippen molar-refractivity contribution in [3.63, 3.8) is 0 Å². The Morgan fingerprint density at radius 2 is 1.86 bits per heavy atom. The summed E-state index contributed by atoms with van der Waals surface area (Å²) in [6, 6.07) is 11.1. The van der Waals surface area contributed by atoms with Crippen molar-refractivity contribution in [1.82, 2.24) is 9.47 Å². The van der Waals surface area contributed by atoms with Crippen LogP contribution < -0.4 is 10.2 Å². The molecule has 1 aromatic heterocycles. The van der Waals surface area contributed by atoms with Crippen LogP contribution in [-0.4, -0.2) is 28.5 Å². The molecule has 0 spiro atoms. The molecule has 0 unspecified atom stereocenters. The lowest BCUT2D eigenvalue weighted by atomic mass is 10.2. The second-order valence-corrected chi connectivity index (χ2v) is 5.21. The Balaban J connectivity index is 1.94. The quantitative estimate of drug-likeness (QED) is 0.866. The maximum absolute atomic E-state index is 12.5. The van der Waals surface area contributed by atoms with Gasteiger partial charge in [-0.05, 0) is 12.5 Å². The van der Waals surface area contributed by atoms with Crippen LogP contribution in [0, 0.1) is 0 Å². The van der Waals surface area contributed by atoms with E-state index >= 15 is 0 Å². The predicted molar refractivity (Wildman–Crippen MR) is 83.1 cm³/mol. The number of hydrogen-bond acceptors (Lipinski definition) is 3. The van der Waals surface area contributed by atoms with Crippen molar-refractivity contribution >= 4 is 5.91 Å². The summed E-state index contributed by atoms with van der Waals surface area (Å²) < 4.78 is 7.51. The number of aromatic nitrogens is 1. The predicted octanol–water partition coefficient (Wildman–Crippen LogP) is 1.90. The maximum atomic E-state index is 12.5. The Labute approximate surface area is 128 Å². The lowest BCUT2D eigenvalue weighted by Gasteiger charge is -2.29. The van der Waals surface area contributed by atoms with Crippen molar-refractivity contribution < 1.29 is 9.53 Å². The van der Waals surface area contributed by atoms with E-state index in [1.165, 1.54) is 6.07 Å². The molecule has 0 aliphatic carbocycles. The van der Waals surface area contributed by atoms with Crippen molar-refractivity contribution in [1.29, 1.82) is 0 Å². The molecule has 5 heteroatoms. The van der Waals surface area contributed by atoms with E-state index in [0.717, 1.165) is 5.56 Å². The van der Waals surface area contributed by atoms with Gasteiger partial charge < -0.3 is 14.2 Å². The zero-order valence-electron chi connectivity index (χ0n) is 12.5. The highest BCUT2D eigenvalue weighted by atomic mass is 16.5. The summed E-state index contributed by atoms with van der Waals surface area (Å²) in [6.07, 6.45) is 1.66. The Morgan fingerprint density at radius 3 is 2.59 bits per heavy atom. The number of nitrogens with zero attached hydrogens (tertiary/aromatic N) is 2. The van der Waals surface area contributed by atoms with Crippen LogP contribution in [0.5, 0.6) is 5.75 Å². The first-order valence-electron chi connectivity index (χ1n) is 7.40. The second-order valence-electron chi connectivity index (χ2n) is 5.21. The third kappa shape index (κ3) is 2.62. The van der Waals surface area contributed by atoms with Crippen molar-refractivity contribution in [3.8, 4) is 5.75 Å². The van der Waals surface area contributed by atoms with Gasteiger partial charge in [0, 0.05) is 31.9 Å². The number of ether oxygens (including phenoxy) is 1.